The van der Waals surface area contributed by atoms with Crippen molar-refractivity contribution < 1.29 is 54.2 Å². The van der Waals surface area contributed by atoms with Crippen molar-refractivity contribution in [2.24, 2.45) is 11.3 Å². The zero-order valence-electron chi connectivity index (χ0n) is 13.2. The standard InChI is InChI=1S/C14H19NO5.Na/c1-6-9(12(18)19)15-10(14(6,5)7(2)16)8(11(15)17)13(3,4)20;/h8,10,20H,1-5H3,(H,18,19);/q;+1/p-1/t8?,10-,14?;/m0./s1. The molecule has 0 bridgehead atoms. The maximum absolute atomic E-state index is 12.2. The summed E-state index contributed by atoms with van der Waals surface area (Å²) in [6.45, 7) is 7.48. The van der Waals surface area contributed by atoms with Crippen LogP contribution in [0.1, 0.15) is 34.6 Å². The van der Waals surface area contributed by atoms with Crippen molar-refractivity contribution in [1.29, 1.82) is 0 Å². The molecule has 1 fully saturated rings. The third-order valence-corrected chi connectivity index (χ3v) is 4.75. The number of carboxylic acid groups (broad SMARTS) is 1. The second-order valence-corrected chi connectivity index (χ2v) is 6.30. The van der Waals surface area contributed by atoms with Gasteiger partial charge < -0.3 is 19.9 Å². The number of rotatable bonds is 3. The third-order valence-electron chi connectivity index (χ3n) is 4.75. The molecule has 1 saturated heterocycles. The number of ketones is 1. The van der Waals surface area contributed by atoms with Gasteiger partial charge in [-0.3, -0.25) is 9.59 Å². The molecule has 2 aliphatic heterocycles. The summed E-state index contributed by atoms with van der Waals surface area (Å²) in [5, 5.41) is 21.4. The Morgan fingerprint density at radius 1 is 1.38 bits per heavy atom. The van der Waals surface area contributed by atoms with E-state index < -0.39 is 34.9 Å². The molecular weight excluding hydrogens is 285 g/mol. The number of Topliss-reactive ketones (excluding diaryl/α,β-unsaturated/α-hetero) is 1. The van der Waals surface area contributed by atoms with E-state index in [-0.39, 0.29) is 41.0 Å². The van der Waals surface area contributed by atoms with Crippen LogP contribution in [-0.4, -0.2) is 39.3 Å². The van der Waals surface area contributed by atoms with Gasteiger partial charge in [0.25, 0.3) is 0 Å². The van der Waals surface area contributed by atoms with Crippen LogP contribution in [0.3, 0.4) is 0 Å². The molecule has 1 N–H and O–H groups in total. The van der Waals surface area contributed by atoms with Gasteiger partial charge >= 0.3 is 29.6 Å². The van der Waals surface area contributed by atoms with E-state index in [2.05, 4.69) is 0 Å². The normalized spacial score (nSPS) is 31.5. The molecule has 21 heavy (non-hydrogen) atoms. The van der Waals surface area contributed by atoms with E-state index in [9.17, 15) is 24.6 Å². The van der Waals surface area contributed by atoms with Gasteiger partial charge in [-0.25, -0.2) is 0 Å². The van der Waals surface area contributed by atoms with Crippen molar-refractivity contribution in [2.75, 3.05) is 0 Å². The van der Waals surface area contributed by atoms with E-state index in [0.717, 1.165) is 4.90 Å². The summed E-state index contributed by atoms with van der Waals surface area (Å²) in [5.74, 6) is -2.99. The molecular formula is C14H18NNaO5. The topological polar surface area (TPSA) is 97.7 Å². The van der Waals surface area contributed by atoms with Gasteiger partial charge in [0.15, 0.2) is 0 Å². The van der Waals surface area contributed by atoms with E-state index >= 15 is 0 Å². The molecule has 2 aliphatic rings. The molecule has 2 rings (SSSR count). The van der Waals surface area contributed by atoms with E-state index in [4.69, 9.17) is 0 Å². The fourth-order valence-corrected chi connectivity index (χ4v) is 3.39. The number of aliphatic hydroxyl groups is 1. The summed E-state index contributed by atoms with van der Waals surface area (Å²) in [6, 6.07) is -0.666. The van der Waals surface area contributed by atoms with Crippen LogP contribution in [0.2, 0.25) is 0 Å². The quantitative estimate of drug-likeness (QED) is 0.426. The minimum absolute atomic E-state index is 0. The van der Waals surface area contributed by atoms with E-state index in [1.165, 1.54) is 27.7 Å². The molecule has 0 saturated carbocycles. The van der Waals surface area contributed by atoms with Crippen LogP contribution in [0.4, 0.5) is 0 Å². The van der Waals surface area contributed by atoms with Crippen LogP contribution in [0.15, 0.2) is 11.3 Å². The first kappa shape index (κ1) is 18.4. The molecule has 7 heteroatoms. The average Bonchev–Trinajstić information content (AvgIpc) is 2.46. The Hall–Kier alpha value is -0.690. The van der Waals surface area contributed by atoms with E-state index in [1.54, 1.807) is 6.92 Å². The summed E-state index contributed by atoms with van der Waals surface area (Å²) in [7, 11) is 0. The zero-order chi connectivity index (χ0) is 15.6. The fourth-order valence-electron chi connectivity index (χ4n) is 3.39. The number of amides is 1. The predicted octanol–water partition coefficient (Wildman–Crippen LogP) is -3.78. The Balaban J connectivity index is 0.00000220. The van der Waals surface area contributed by atoms with Gasteiger partial charge in [0.1, 0.15) is 5.78 Å². The van der Waals surface area contributed by atoms with E-state index in [1.807, 2.05) is 0 Å². The first-order valence-electron chi connectivity index (χ1n) is 6.44. The molecule has 0 aromatic heterocycles. The Morgan fingerprint density at radius 2 is 1.86 bits per heavy atom. The Morgan fingerprint density at radius 3 is 2.19 bits per heavy atom. The second kappa shape index (κ2) is 5.19. The monoisotopic (exact) mass is 303 g/mol. The number of aliphatic carboxylic acids is 1. The fraction of sp³-hybridized carbons (Fsp3) is 0.643. The average molecular weight is 303 g/mol. The third kappa shape index (κ3) is 2.20. The summed E-state index contributed by atoms with van der Waals surface area (Å²) >= 11 is 0. The SMILES string of the molecule is CC(=O)C1(C)C(C)=C(C(=O)[O-])N2C(=O)C(C(C)(C)O)[C@H]21.[Na+]. The predicted molar refractivity (Wildman–Crippen MR) is 66.9 cm³/mol. The van der Waals surface area contributed by atoms with Crippen LogP contribution in [0.25, 0.3) is 0 Å². The van der Waals surface area contributed by atoms with Gasteiger partial charge in [-0.15, -0.1) is 0 Å². The number of β-lactam (4-membered cyclic amide) rings is 1. The first-order valence-corrected chi connectivity index (χ1v) is 6.44. The molecule has 2 unspecified atom stereocenters. The zero-order valence-corrected chi connectivity index (χ0v) is 15.2. The van der Waals surface area contributed by atoms with Crippen LogP contribution in [0, 0.1) is 11.3 Å². The minimum Gasteiger partial charge on any atom is -0.543 e. The number of carbonyl (C=O) groups excluding carboxylic acids is 3. The van der Waals surface area contributed by atoms with Crippen molar-refractivity contribution in [2.45, 2.75) is 46.3 Å². The van der Waals surface area contributed by atoms with Crippen LogP contribution in [-0.2, 0) is 14.4 Å². The Kier molecular flexibility index (Phi) is 4.54. The maximum atomic E-state index is 12.2. The first-order chi connectivity index (χ1) is 8.95. The summed E-state index contributed by atoms with van der Waals surface area (Å²) in [4.78, 5) is 36.6. The van der Waals surface area contributed by atoms with Crippen molar-refractivity contribution >= 4 is 17.7 Å². The number of hydrogen-bond acceptors (Lipinski definition) is 5. The van der Waals surface area contributed by atoms with Gasteiger partial charge in [0.2, 0.25) is 5.91 Å². The molecule has 0 radical (unpaired) electrons. The molecule has 0 aliphatic carbocycles. The smallest absolute Gasteiger partial charge is 0.543 e. The molecule has 2 heterocycles. The molecule has 6 nitrogen and oxygen atoms in total. The number of hydrogen-bond donors (Lipinski definition) is 1. The minimum atomic E-state index is -1.47. The van der Waals surface area contributed by atoms with Gasteiger partial charge in [-0.1, -0.05) is 0 Å². The molecule has 0 aromatic carbocycles. The molecule has 1 amide bonds. The van der Waals surface area contributed by atoms with Gasteiger partial charge in [-0.2, -0.15) is 0 Å². The van der Waals surface area contributed by atoms with Gasteiger partial charge in [0.05, 0.1) is 34.6 Å². The molecule has 3 atom stereocenters. The molecule has 0 aromatic rings. The number of fused-ring (bicyclic) bond motifs is 1. The maximum Gasteiger partial charge on any atom is 1.00 e. The van der Waals surface area contributed by atoms with Crippen molar-refractivity contribution in [3.8, 4) is 0 Å². The van der Waals surface area contributed by atoms with Gasteiger partial charge in [0, 0.05) is 0 Å². The van der Waals surface area contributed by atoms with E-state index in [0.29, 0.717) is 5.57 Å². The Bertz CT molecular complexity index is 562. The summed E-state index contributed by atoms with van der Waals surface area (Å²) in [6.07, 6.45) is 0. The van der Waals surface area contributed by atoms with Crippen LogP contribution in [0.5, 0.6) is 0 Å². The second-order valence-electron chi connectivity index (χ2n) is 6.30. The van der Waals surface area contributed by atoms with Crippen molar-refractivity contribution in [3.63, 3.8) is 0 Å². The number of carboxylic acids is 1. The van der Waals surface area contributed by atoms with Crippen molar-refractivity contribution in [3.05, 3.63) is 11.3 Å². The summed E-state index contributed by atoms with van der Waals surface area (Å²) in [5.41, 5.74) is -2.35. The van der Waals surface area contributed by atoms with Crippen LogP contribution >= 0.6 is 0 Å². The molecule has 0 spiro atoms. The number of carbonyl (C=O) groups is 3. The Labute approximate surface area is 145 Å². The molecule has 110 valence electrons. The van der Waals surface area contributed by atoms with Crippen LogP contribution < -0.4 is 34.7 Å². The van der Waals surface area contributed by atoms with Gasteiger partial charge in [-0.05, 0) is 40.2 Å². The largest absolute Gasteiger partial charge is 1.00 e. The van der Waals surface area contributed by atoms with Crippen molar-refractivity contribution in [1.82, 2.24) is 4.90 Å². The summed E-state index contributed by atoms with van der Waals surface area (Å²) < 4.78 is 0. The number of nitrogens with zero attached hydrogens (tertiary/aromatic N) is 1.